The molecule has 1 amide bonds. The Balaban J connectivity index is 0.00000400. The highest BCUT2D eigenvalue weighted by Gasteiger charge is 2.19. The van der Waals surface area contributed by atoms with Gasteiger partial charge in [-0.3, -0.25) is 4.79 Å². The quantitative estimate of drug-likeness (QED) is 0.832. The number of hydrogen-bond acceptors (Lipinski definition) is 5. The van der Waals surface area contributed by atoms with Crippen molar-refractivity contribution >= 4 is 18.3 Å². The highest BCUT2D eigenvalue weighted by atomic mass is 35.5. The molecule has 3 N–H and O–H groups in total. The van der Waals surface area contributed by atoms with E-state index >= 15 is 0 Å². The van der Waals surface area contributed by atoms with Gasteiger partial charge in [0.15, 0.2) is 11.5 Å². The minimum Gasteiger partial charge on any atom is -0.496 e. The summed E-state index contributed by atoms with van der Waals surface area (Å²) in [6, 6.07) is 3.19. The van der Waals surface area contributed by atoms with Gasteiger partial charge in [0, 0.05) is 24.2 Å². The molecule has 0 unspecified atom stereocenters. The summed E-state index contributed by atoms with van der Waals surface area (Å²) in [6.07, 6.45) is 0. The van der Waals surface area contributed by atoms with Crippen molar-refractivity contribution in [1.29, 1.82) is 0 Å². The van der Waals surface area contributed by atoms with E-state index in [4.69, 9.17) is 19.9 Å². The van der Waals surface area contributed by atoms with Crippen molar-refractivity contribution in [3.8, 4) is 17.2 Å². The first kappa shape index (κ1) is 19.3. The fourth-order valence-electron chi connectivity index (χ4n) is 1.61. The van der Waals surface area contributed by atoms with Crippen molar-refractivity contribution < 1.29 is 19.0 Å². The molecule has 0 bridgehead atoms. The summed E-state index contributed by atoms with van der Waals surface area (Å²) in [6.45, 7) is 4.02. The third-order valence-corrected chi connectivity index (χ3v) is 2.65. The van der Waals surface area contributed by atoms with Gasteiger partial charge in [-0.15, -0.1) is 12.4 Å². The normalized spacial score (nSPS) is 10.4. The van der Waals surface area contributed by atoms with E-state index in [1.54, 1.807) is 12.1 Å². The second-order valence-electron chi connectivity index (χ2n) is 5.08. The molecule has 0 aliphatic heterocycles. The van der Waals surface area contributed by atoms with Crippen LogP contribution in [0.25, 0.3) is 0 Å². The lowest BCUT2D eigenvalue weighted by atomic mass is 10.1. The Kier molecular flexibility index (Phi) is 7.32. The summed E-state index contributed by atoms with van der Waals surface area (Å²) in [5.41, 5.74) is 5.73. The number of nitrogens with two attached hydrogens (primary N) is 1. The number of nitrogens with one attached hydrogen (secondary N) is 1. The van der Waals surface area contributed by atoms with E-state index in [2.05, 4.69) is 5.32 Å². The lowest BCUT2D eigenvalue weighted by Crippen LogP contribution is -2.45. The highest BCUT2D eigenvalue weighted by molar-refractivity contribution is 5.97. The molecule has 0 aliphatic rings. The van der Waals surface area contributed by atoms with Crippen LogP contribution >= 0.6 is 12.4 Å². The number of carbonyl (C=O) groups is 1. The predicted molar refractivity (Wildman–Crippen MR) is 83.9 cm³/mol. The average molecular weight is 319 g/mol. The lowest BCUT2D eigenvalue weighted by molar-refractivity contribution is 0.0942. The zero-order valence-electron chi connectivity index (χ0n) is 13.0. The van der Waals surface area contributed by atoms with E-state index in [9.17, 15) is 4.79 Å². The fourth-order valence-corrected chi connectivity index (χ4v) is 1.61. The Labute approximate surface area is 131 Å². The van der Waals surface area contributed by atoms with Crippen molar-refractivity contribution in [3.63, 3.8) is 0 Å². The number of methoxy groups -OCH3 is 3. The Morgan fingerprint density at radius 1 is 1.10 bits per heavy atom. The molecule has 21 heavy (non-hydrogen) atoms. The topological polar surface area (TPSA) is 82.8 Å². The molecule has 7 heteroatoms. The maximum Gasteiger partial charge on any atom is 0.255 e. The summed E-state index contributed by atoms with van der Waals surface area (Å²) in [5, 5.41) is 2.76. The molecule has 0 aromatic heterocycles. The molecule has 0 radical (unpaired) electrons. The van der Waals surface area contributed by atoms with Crippen LogP contribution in [-0.2, 0) is 0 Å². The first-order chi connectivity index (χ1) is 9.32. The van der Waals surface area contributed by atoms with Crippen LogP contribution in [0, 0.1) is 0 Å². The Bertz CT molecular complexity index is 487. The number of amides is 1. The number of ether oxygens (including phenoxy) is 3. The number of carbonyl (C=O) groups excluding carboxylic acids is 1. The van der Waals surface area contributed by atoms with Gasteiger partial charge in [-0.25, -0.2) is 0 Å². The van der Waals surface area contributed by atoms with E-state index < -0.39 is 5.54 Å². The van der Waals surface area contributed by atoms with Gasteiger partial charge in [0.05, 0.1) is 26.9 Å². The van der Waals surface area contributed by atoms with Crippen molar-refractivity contribution in [1.82, 2.24) is 5.32 Å². The van der Waals surface area contributed by atoms with Gasteiger partial charge in [-0.05, 0) is 13.8 Å². The van der Waals surface area contributed by atoms with Crippen LogP contribution in [0.4, 0.5) is 0 Å². The molecule has 0 heterocycles. The van der Waals surface area contributed by atoms with Crippen molar-refractivity contribution in [3.05, 3.63) is 17.7 Å². The van der Waals surface area contributed by atoms with E-state index in [1.165, 1.54) is 21.3 Å². The highest BCUT2D eigenvalue weighted by Crippen LogP contribution is 2.34. The molecular formula is C14H23ClN2O4. The van der Waals surface area contributed by atoms with Gasteiger partial charge in [-0.1, -0.05) is 0 Å². The third kappa shape index (κ3) is 5.32. The molecule has 0 saturated carbocycles. The minimum atomic E-state index is -0.487. The average Bonchev–Trinajstić information content (AvgIpc) is 2.42. The third-order valence-electron chi connectivity index (χ3n) is 2.65. The zero-order valence-corrected chi connectivity index (χ0v) is 13.8. The Morgan fingerprint density at radius 3 is 2.00 bits per heavy atom. The number of rotatable bonds is 6. The number of halogens is 1. The summed E-state index contributed by atoms with van der Waals surface area (Å²) >= 11 is 0. The standard InChI is InChI=1S/C14H22N2O4.ClH/c1-14(2,15)8-16-13(17)9-6-11(19-4)12(20-5)7-10(9)18-3;/h6-7H,8,15H2,1-5H3,(H,16,17);1H. The monoisotopic (exact) mass is 318 g/mol. The summed E-state index contributed by atoms with van der Waals surface area (Å²) in [5.74, 6) is 1.10. The lowest BCUT2D eigenvalue weighted by Gasteiger charge is -2.20. The molecule has 1 aromatic rings. The van der Waals surface area contributed by atoms with Crippen LogP contribution in [0.3, 0.4) is 0 Å². The Hall–Kier alpha value is -1.66. The minimum absolute atomic E-state index is 0. The van der Waals surface area contributed by atoms with E-state index in [0.717, 1.165) is 0 Å². The van der Waals surface area contributed by atoms with Crippen LogP contribution in [0.2, 0.25) is 0 Å². The number of benzene rings is 1. The van der Waals surface area contributed by atoms with Gasteiger partial charge in [0.2, 0.25) is 0 Å². The molecule has 0 spiro atoms. The van der Waals surface area contributed by atoms with Crippen LogP contribution in [0.5, 0.6) is 17.2 Å². The van der Waals surface area contributed by atoms with Crippen molar-refractivity contribution in [2.45, 2.75) is 19.4 Å². The van der Waals surface area contributed by atoms with E-state index in [1.807, 2.05) is 13.8 Å². The SMILES string of the molecule is COc1cc(OC)c(C(=O)NCC(C)(C)N)cc1OC.Cl. The zero-order chi connectivity index (χ0) is 15.3. The van der Waals surface area contributed by atoms with Crippen LogP contribution in [0.1, 0.15) is 24.2 Å². The molecule has 0 saturated heterocycles. The summed E-state index contributed by atoms with van der Waals surface area (Å²) in [7, 11) is 4.52. The van der Waals surface area contributed by atoms with Crippen LogP contribution in [0.15, 0.2) is 12.1 Å². The van der Waals surface area contributed by atoms with Crippen LogP contribution < -0.4 is 25.3 Å². The predicted octanol–water partition coefficient (Wildman–Crippen LogP) is 1.60. The molecule has 0 atom stereocenters. The van der Waals surface area contributed by atoms with Gasteiger partial charge < -0.3 is 25.3 Å². The van der Waals surface area contributed by atoms with Crippen molar-refractivity contribution in [2.24, 2.45) is 5.73 Å². The maximum absolute atomic E-state index is 12.2. The van der Waals surface area contributed by atoms with Gasteiger partial charge in [0.25, 0.3) is 5.91 Å². The summed E-state index contributed by atoms with van der Waals surface area (Å²) < 4.78 is 15.6. The molecule has 120 valence electrons. The number of hydrogen-bond donors (Lipinski definition) is 2. The van der Waals surface area contributed by atoms with Gasteiger partial charge in [-0.2, -0.15) is 0 Å². The first-order valence-electron chi connectivity index (χ1n) is 6.19. The van der Waals surface area contributed by atoms with Gasteiger partial charge in [0.1, 0.15) is 5.75 Å². The molecule has 0 fully saturated rings. The molecule has 1 rings (SSSR count). The van der Waals surface area contributed by atoms with Gasteiger partial charge >= 0.3 is 0 Å². The largest absolute Gasteiger partial charge is 0.496 e. The fraction of sp³-hybridized carbons (Fsp3) is 0.500. The van der Waals surface area contributed by atoms with Crippen LogP contribution in [-0.4, -0.2) is 39.3 Å². The summed E-state index contributed by atoms with van der Waals surface area (Å²) in [4.78, 5) is 12.2. The molecule has 1 aromatic carbocycles. The van der Waals surface area contributed by atoms with E-state index in [0.29, 0.717) is 29.4 Å². The molecule has 6 nitrogen and oxygen atoms in total. The smallest absolute Gasteiger partial charge is 0.255 e. The Morgan fingerprint density at radius 2 is 1.57 bits per heavy atom. The molecular weight excluding hydrogens is 296 g/mol. The van der Waals surface area contributed by atoms with E-state index in [-0.39, 0.29) is 18.3 Å². The second-order valence-corrected chi connectivity index (χ2v) is 5.08. The first-order valence-corrected chi connectivity index (χ1v) is 6.19. The molecule has 0 aliphatic carbocycles. The second kappa shape index (κ2) is 7.95. The maximum atomic E-state index is 12.2. The van der Waals surface area contributed by atoms with Crippen molar-refractivity contribution in [2.75, 3.05) is 27.9 Å².